The van der Waals surface area contributed by atoms with Gasteiger partial charge in [-0.2, -0.15) is 13.2 Å². The predicted molar refractivity (Wildman–Crippen MR) is 88.3 cm³/mol. The van der Waals surface area contributed by atoms with Crippen molar-refractivity contribution in [3.05, 3.63) is 54.6 Å². The van der Waals surface area contributed by atoms with E-state index in [9.17, 15) is 26.4 Å². The van der Waals surface area contributed by atoms with Gasteiger partial charge in [0.05, 0.1) is 4.90 Å². The smallest absolute Gasteiger partial charge is 0.402 e. The van der Waals surface area contributed by atoms with E-state index in [0.717, 1.165) is 12.1 Å². The first-order valence-electron chi connectivity index (χ1n) is 7.30. The number of benzene rings is 2. The van der Waals surface area contributed by atoms with Crippen molar-refractivity contribution in [2.45, 2.75) is 11.1 Å². The van der Waals surface area contributed by atoms with Gasteiger partial charge >= 0.3 is 6.18 Å². The fraction of sp³-hybridized carbons (Fsp3) is 0.188. The highest BCUT2D eigenvalue weighted by Gasteiger charge is 2.30. The van der Waals surface area contributed by atoms with Gasteiger partial charge in [0, 0.05) is 5.69 Å². The molecule has 0 saturated heterocycles. The lowest BCUT2D eigenvalue weighted by Crippen LogP contribution is -2.33. The van der Waals surface area contributed by atoms with Gasteiger partial charge in [0.1, 0.15) is 12.3 Å². The van der Waals surface area contributed by atoms with Crippen LogP contribution in [0.1, 0.15) is 0 Å². The Labute approximate surface area is 148 Å². The number of rotatable bonds is 7. The molecule has 0 unspecified atom stereocenters. The van der Waals surface area contributed by atoms with Crippen molar-refractivity contribution >= 4 is 21.6 Å². The monoisotopic (exact) mass is 388 g/mol. The number of ether oxygens (including phenoxy) is 1. The van der Waals surface area contributed by atoms with E-state index >= 15 is 0 Å². The molecule has 2 aromatic carbocycles. The van der Waals surface area contributed by atoms with Gasteiger partial charge < -0.3 is 10.1 Å². The van der Waals surface area contributed by atoms with E-state index in [1.165, 1.54) is 16.9 Å². The molecule has 2 N–H and O–H groups in total. The fourth-order valence-corrected chi connectivity index (χ4v) is 2.86. The van der Waals surface area contributed by atoms with Crippen molar-refractivity contribution < 1.29 is 31.1 Å². The maximum atomic E-state index is 12.1. The summed E-state index contributed by atoms with van der Waals surface area (Å²) >= 11 is 0. The second-order valence-electron chi connectivity index (χ2n) is 5.11. The zero-order valence-electron chi connectivity index (χ0n) is 13.3. The lowest BCUT2D eigenvalue weighted by Gasteiger charge is -2.10. The molecule has 1 amide bonds. The third kappa shape index (κ3) is 6.37. The topological polar surface area (TPSA) is 84.5 Å². The SMILES string of the molecule is O=C(COc1ccccc1)Nc1ccc(S(=O)(=O)NCC(F)(F)F)cc1. The fourth-order valence-electron chi connectivity index (χ4n) is 1.84. The molecule has 0 aliphatic heterocycles. The van der Waals surface area contributed by atoms with Crippen molar-refractivity contribution in [3.8, 4) is 5.75 Å². The standard InChI is InChI=1S/C16H15F3N2O4S/c17-16(18,19)11-20-26(23,24)14-8-6-12(7-9-14)21-15(22)10-25-13-4-2-1-3-5-13/h1-9,20H,10-11H2,(H,21,22). The summed E-state index contributed by atoms with van der Waals surface area (Å²) in [5.41, 5.74) is 0.279. The van der Waals surface area contributed by atoms with E-state index in [1.807, 2.05) is 0 Å². The zero-order chi connectivity index (χ0) is 19.2. The highest BCUT2D eigenvalue weighted by atomic mass is 32.2. The van der Waals surface area contributed by atoms with Crippen molar-refractivity contribution in [2.75, 3.05) is 18.5 Å². The molecular formula is C16H15F3N2O4S. The first-order valence-corrected chi connectivity index (χ1v) is 8.78. The first kappa shape index (κ1) is 19.7. The number of anilines is 1. The van der Waals surface area contributed by atoms with Crippen LogP contribution in [0.3, 0.4) is 0 Å². The summed E-state index contributed by atoms with van der Waals surface area (Å²) in [4.78, 5) is 11.4. The Bertz CT molecular complexity index is 838. The van der Waals surface area contributed by atoms with Crippen LogP contribution in [0.15, 0.2) is 59.5 Å². The normalized spacial score (nSPS) is 11.8. The number of para-hydroxylation sites is 1. The Morgan fingerprint density at radius 2 is 1.62 bits per heavy atom. The van der Waals surface area contributed by atoms with E-state index < -0.39 is 28.7 Å². The van der Waals surface area contributed by atoms with Crippen LogP contribution in [0.25, 0.3) is 0 Å². The molecule has 0 heterocycles. The largest absolute Gasteiger partial charge is 0.484 e. The maximum Gasteiger partial charge on any atom is 0.402 e. The zero-order valence-corrected chi connectivity index (χ0v) is 14.1. The molecule has 140 valence electrons. The van der Waals surface area contributed by atoms with Gasteiger partial charge in [0.2, 0.25) is 10.0 Å². The molecule has 0 aliphatic rings. The van der Waals surface area contributed by atoms with Gasteiger partial charge in [-0.1, -0.05) is 18.2 Å². The van der Waals surface area contributed by atoms with E-state index in [0.29, 0.717) is 5.75 Å². The summed E-state index contributed by atoms with van der Waals surface area (Å²) in [7, 11) is -4.29. The number of amides is 1. The molecule has 0 radical (unpaired) electrons. The van der Waals surface area contributed by atoms with E-state index in [4.69, 9.17) is 4.74 Å². The Morgan fingerprint density at radius 3 is 2.19 bits per heavy atom. The van der Waals surface area contributed by atoms with Crippen molar-refractivity contribution in [2.24, 2.45) is 0 Å². The van der Waals surface area contributed by atoms with E-state index in [1.54, 1.807) is 30.3 Å². The number of alkyl halides is 3. The van der Waals surface area contributed by atoms with Gasteiger partial charge in [-0.05, 0) is 36.4 Å². The number of sulfonamides is 1. The molecule has 10 heteroatoms. The Balaban J connectivity index is 1.91. The Kier molecular flexibility index (Phi) is 6.22. The van der Waals surface area contributed by atoms with Crippen LogP contribution in [0.2, 0.25) is 0 Å². The minimum Gasteiger partial charge on any atom is -0.484 e. The van der Waals surface area contributed by atoms with Crippen LogP contribution < -0.4 is 14.8 Å². The minimum absolute atomic E-state index is 0.253. The molecule has 0 fully saturated rings. The molecule has 0 atom stereocenters. The third-order valence-electron chi connectivity index (χ3n) is 3.02. The van der Waals surface area contributed by atoms with Gasteiger partial charge in [-0.15, -0.1) is 0 Å². The molecule has 0 bridgehead atoms. The summed E-state index contributed by atoms with van der Waals surface area (Å²) in [6, 6.07) is 13.4. The molecule has 0 saturated carbocycles. The minimum atomic E-state index is -4.65. The number of carbonyl (C=O) groups is 1. The van der Waals surface area contributed by atoms with E-state index in [2.05, 4.69) is 5.32 Å². The summed E-state index contributed by atoms with van der Waals surface area (Å²) in [6.07, 6.45) is -4.65. The highest BCUT2D eigenvalue weighted by molar-refractivity contribution is 7.89. The van der Waals surface area contributed by atoms with Gasteiger partial charge in [0.25, 0.3) is 5.91 Å². The Morgan fingerprint density at radius 1 is 1.00 bits per heavy atom. The molecule has 2 rings (SSSR count). The third-order valence-corrected chi connectivity index (χ3v) is 4.44. The lowest BCUT2D eigenvalue weighted by atomic mass is 10.3. The van der Waals surface area contributed by atoms with Crippen LogP contribution in [-0.4, -0.2) is 33.7 Å². The summed E-state index contributed by atoms with van der Waals surface area (Å²) < 4.78 is 66.6. The average Bonchev–Trinajstić information content (AvgIpc) is 2.59. The van der Waals surface area contributed by atoms with E-state index in [-0.39, 0.29) is 17.2 Å². The number of halogens is 3. The number of nitrogens with one attached hydrogen (secondary N) is 2. The number of carbonyl (C=O) groups excluding carboxylic acids is 1. The summed E-state index contributed by atoms with van der Waals surface area (Å²) in [5.74, 6) is 0.0412. The van der Waals surface area contributed by atoms with Crippen LogP contribution in [0, 0.1) is 0 Å². The van der Waals surface area contributed by atoms with Crippen molar-refractivity contribution in [1.29, 1.82) is 0 Å². The second-order valence-corrected chi connectivity index (χ2v) is 6.88. The molecule has 0 spiro atoms. The molecule has 0 aromatic heterocycles. The highest BCUT2D eigenvalue weighted by Crippen LogP contribution is 2.17. The molecule has 6 nitrogen and oxygen atoms in total. The van der Waals surface area contributed by atoms with Gasteiger partial charge in [0.15, 0.2) is 6.61 Å². The maximum absolute atomic E-state index is 12.1. The van der Waals surface area contributed by atoms with Crippen LogP contribution in [0.4, 0.5) is 18.9 Å². The average molecular weight is 388 g/mol. The Hall–Kier alpha value is -2.59. The van der Waals surface area contributed by atoms with Gasteiger partial charge in [-0.3, -0.25) is 4.79 Å². The molecular weight excluding hydrogens is 373 g/mol. The number of hydrogen-bond acceptors (Lipinski definition) is 4. The molecule has 0 aliphatic carbocycles. The van der Waals surface area contributed by atoms with Gasteiger partial charge in [-0.25, -0.2) is 13.1 Å². The van der Waals surface area contributed by atoms with Crippen LogP contribution in [-0.2, 0) is 14.8 Å². The summed E-state index contributed by atoms with van der Waals surface area (Å²) in [5, 5.41) is 2.49. The predicted octanol–water partition coefficient (Wildman–Crippen LogP) is 2.54. The lowest BCUT2D eigenvalue weighted by molar-refractivity contribution is -0.121. The van der Waals surface area contributed by atoms with Crippen molar-refractivity contribution in [3.63, 3.8) is 0 Å². The number of hydrogen-bond donors (Lipinski definition) is 2. The second kappa shape index (κ2) is 8.19. The summed E-state index contributed by atoms with van der Waals surface area (Å²) in [6.45, 7) is -1.91. The quantitative estimate of drug-likeness (QED) is 0.764. The molecule has 26 heavy (non-hydrogen) atoms. The van der Waals surface area contributed by atoms with Crippen LogP contribution in [0.5, 0.6) is 5.75 Å². The van der Waals surface area contributed by atoms with Crippen molar-refractivity contribution in [1.82, 2.24) is 4.72 Å². The molecule has 2 aromatic rings. The van der Waals surface area contributed by atoms with Crippen LogP contribution >= 0.6 is 0 Å². The first-order chi connectivity index (χ1) is 12.2.